The Labute approximate surface area is 100 Å². The molecule has 0 bridgehead atoms. The van der Waals surface area contributed by atoms with Crippen LogP contribution >= 0.6 is 34.8 Å². The molecule has 0 nitrogen and oxygen atoms in total. The molecular weight excluding hydrogens is 238 g/mol. The maximum absolute atomic E-state index is 6.05. The van der Waals surface area contributed by atoms with Crippen LogP contribution in [0.1, 0.15) is 24.8 Å². The van der Waals surface area contributed by atoms with Gasteiger partial charge in [-0.15, -0.1) is 0 Å². The van der Waals surface area contributed by atoms with Crippen molar-refractivity contribution in [3.05, 3.63) is 39.7 Å². The fraction of sp³-hybridized carbons (Fsp3) is 0.364. The zero-order valence-electron chi connectivity index (χ0n) is 7.82. The Morgan fingerprint density at radius 3 is 2.36 bits per heavy atom. The van der Waals surface area contributed by atoms with Crippen LogP contribution < -0.4 is 0 Å². The van der Waals surface area contributed by atoms with Crippen molar-refractivity contribution in [2.24, 2.45) is 0 Å². The maximum Gasteiger partial charge on any atom is 0.0781 e. The summed E-state index contributed by atoms with van der Waals surface area (Å²) >= 11 is 17.8. The van der Waals surface area contributed by atoms with Gasteiger partial charge in [-0.25, -0.2) is 0 Å². The van der Waals surface area contributed by atoms with Gasteiger partial charge in [-0.3, -0.25) is 0 Å². The van der Waals surface area contributed by atoms with Crippen LogP contribution in [0, 0.1) is 6.92 Å². The van der Waals surface area contributed by atoms with Gasteiger partial charge in [0.15, 0.2) is 0 Å². The van der Waals surface area contributed by atoms with Gasteiger partial charge in [0.25, 0.3) is 0 Å². The molecule has 1 rings (SSSR count). The van der Waals surface area contributed by atoms with E-state index >= 15 is 0 Å². The van der Waals surface area contributed by atoms with E-state index in [0.717, 1.165) is 31.2 Å². The van der Waals surface area contributed by atoms with E-state index < -0.39 is 0 Å². The monoisotopic (exact) mass is 249 g/mol. The summed E-state index contributed by atoms with van der Waals surface area (Å²) in [6.07, 6.45) is 4.09. The first-order valence-corrected chi connectivity index (χ1v) is 5.72. The molecule has 1 aromatic carbocycles. The van der Waals surface area contributed by atoms with Crippen molar-refractivity contribution in [2.45, 2.75) is 25.7 Å². The summed E-state index contributed by atoms with van der Waals surface area (Å²) < 4.78 is 0. The molecule has 0 aliphatic heterocycles. The summed E-state index contributed by atoms with van der Waals surface area (Å²) in [6, 6.07) is 3.72. The summed E-state index contributed by atoms with van der Waals surface area (Å²) in [5, 5.41) is 1.56. The largest absolute Gasteiger partial charge is 0.0827 e. The van der Waals surface area contributed by atoms with Crippen molar-refractivity contribution in [1.29, 1.82) is 0 Å². The first-order valence-electron chi connectivity index (χ1n) is 4.58. The second-order valence-electron chi connectivity index (χ2n) is 3.15. The molecular formula is C11H12Cl3. The second-order valence-corrected chi connectivity index (χ2v) is 4.31. The minimum absolute atomic E-state index is 0.459. The van der Waals surface area contributed by atoms with Crippen LogP contribution in [0.4, 0.5) is 0 Å². The van der Waals surface area contributed by atoms with Gasteiger partial charge >= 0.3 is 0 Å². The fourth-order valence-electron chi connectivity index (χ4n) is 1.25. The van der Waals surface area contributed by atoms with Crippen molar-refractivity contribution in [3.63, 3.8) is 0 Å². The summed E-state index contributed by atoms with van der Waals surface area (Å²) in [7, 11) is 0. The molecule has 1 aromatic rings. The second kappa shape index (κ2) is 5.85. The highest BCUT2D eigenvalue weighted by molar-refractivity contribution is 6.48. The topological polar surface area (TPSA) is 0 Å². The van der Waals surface area contributed by atoms with Crippen LogP contribution in [-0.4, -0.2) is 0 Å². The first-order chi connectivity index (χ1) is 6.66. The van der Waals surface area contributed by atoms with Crippen LogP contribution in [0.3, 0.4) is 0 Å². The van der Waals surface area contributed by atoms with Crippen LogP contribution in [0.2, 0.25) is 15.1 Å². The Kier molecular flexibility index (Phi) is 5.08. The minimum atomic E-state index is 0.459. The molecule has 0 unspecified atom stereocenters. The quantitative estimate of drug-likeness (QED) is 0.509. The predicted molar refractivity (Wildman–Crippen MR) is 64.4 cm³/mol. The molecule has 0 saturated heterocycles. The van der Waals surface area contributed by atoms with E-state index in [0.29, 0.717) is 15.1 Å². The highest BCUT2D eigenvalue weighted by Gasteiger charge is 2.07. The molecule has 0 heterocycles. The summed E-state index contributed by atoms with van der Waals surface area (Å²) in [6.45, 7) is 3.79. The third-order valence-corrected chi connectivity index (χ3v) is 3.39. The van der Waals surface area contributed by atoms with Gasteiger partial charge in [0.05, 0.1) is 15.1 Å². The van der Waals surface area contributed by atoms with E-state index in [1.807, 2.05) is 6.07 Å². The predicted octanol–water partition coefficient (Wildman–Crippen LogP) is 5.19. The van der Waals surface area contributed by atoms with Crippen LogP contribution in [0.25, 0.3) is 0 Å². The Hall–Kier alpha value is 0.0900. The third kappa shape index (κ3) is 3.05. The van der Waals surface area contributed by atoms with Crippen molar-refractivity contribution in [3.8, 4) is 0 Å². The number of hydrogen-bond acceptors (Lipinski definition) is 0. The number of unbranched alkanes of at least 4 members (excludes halogenated alkanes) is 2. The van der Waals surface area contributed by atoms with E-state index in [2.05, 4.69) is 6.92 Å². The minimum Gasteiger partial charge on any atom is -0.0827 e. The fourth-order valence-corrected chi connectivity index (χ4v) is 1.90. The average molecular weight is 251 g/mol. The lowest BCUT2D eigenvalue weighted by molar-refractivity contribution is 0.746. The molecule has 0 aliphatic carbocycles. The average Bonchev–Trinajstić information content (AvgIpc) is 2.18. The Morgan fingerprint density at radius 2 is 1.71 bits per heavy atom. The van der Waals surface area contributed by atoms with Gasteiger partial charge < -0.3 is 0 Å². The smallest absolute Gasteiger partial charge is 0.0781 e. The van der Waals surface area contributed by atoms with Gasteiger partial charge in [0.2, 0.25) is 0 Å². The van der Waals surface area contributed by atoms with Crippen LogP contribution in [0.5, 0.6) is 0 Å². The normalized spacial score (nSPS) is 10.6. The van der Waals surface area contributed by atoms with Crippen molar-refractivity contribution in [1.82, 2.24) is 0 Å². The van der Waals surface area contributed by atoms with E-state index in [1.165, 1.54) is 0 Å². The van der Waals surface area contributed by atoms with Crippen LogP contribution in [0.15, 0.2) is 12.1 Å². The number of hydrogen-bond donors (Lipinski definition) is 0. The number of rotatable bonds is 4. The zero-order valence-corrected chi connectivity index (χ0v) is 10.1. The van der Waals surface area contributed by atoms with E-state index in [9.17, 15) is 0 Å². The molecule has 1 radical (unpaired) electrons. The van der Waals surface area contributed by atoms with Crippen molar-refractivity contribution in [2.75, 3.05) is 0 Å². The SMILES string of the molecule is [CH2]CCCCc1ccc(Cl)c(Cl)c1Cl. The Balaban J connectivity index is 2.73. The molecule has 3 heteroatoms. The molecule has 0 spiro atoms. The van der Waals surface area contributed by atoms with Gasteiger partial charge in [0, 0.05) is 0 Å². The van der Waals surface area contributed by atoms with E-state index in [1.54, 1.807) is 6.07 Å². The summed E-state index contributed by atoms with van der Waals surface area (Å²) in [5.74, 6) is 0. The van der Waals surface area contributed by atoms with E-state index in [4.69, 9.17) is 34.8 Å². The lowest BCUT2D eigenvalue weighted by Gasteiger charge is -2.06. The molecule has 0 N–H and O–H groups in total. The van der Waals surface area contributed by atoms with E-state index in [-0.39, 0.29) is 0 Å². The van der Waals surface area contributed by atoms with Gasteiger partial charge in [0.1, 0.15) is 0 Å². The molecule has 0 fully saturated rings. The molecule has 14 heavy (non-hydrogen) atoms. The highest BCUT2D eigenvalue weighted by Crippen LogP contribution is 2.33. The number of aryl methyl sites for hydroxylation is 1. The van der Waals surface area contributed by atoms with Crippen molar-refractivity contribution >= 4 is 34.8 Å². The third-order valence-electron chi connectivity index (χ3n) is 2.06. The Bertz CT molecular complexity index is 308. The number of halogens is 3. The first kappa shape index (κ1) is 12.2. The highest BCUT2D eigenvalue weighted by atomic mass is 35.5. The standard InChI is InChI=1S/C11H12Cl3/c1-2-3-4-5-8-6-7-9(12)11(14)10(8)13/h6-7H,1-5H2. The van der Waals surface area contributed by atoms with Crippen molar-refractivity contribution < 1.29 is 0 Å². The van der Waals surface area contributed by atoms with Crippen LogP contribution in [-0.2, 0) is 6.42 Å². The number of benzene rings is 1. The molecule has 0 amide bonds. The zero-order chi connectivity index (χ0) is 10.6. The maximum atomic E-state index is 6.05. The summed E-state index contributed by atoms with van der Waals surface area (Å²) in [4.78, 5) is 0. The molecule has 0 aliphatic rings. The lowest BCUT2D eigenvalue weighted by atomic mass is 10.1. The molecule has 0 atom stereocenters. The molecule has 0 saturated carbocycles. The Morgan fingerprint density at radius 1 is 1.00 bits per heavy atom. The molecule has 0 aromatic heterocycles. The van der Waals surface area contributed by atoms with Gasteiger partial charge in [-0.2, -0.15) is 0 Å². The lowest BCUT2D eigenvalue weighted by Crippen LogP contribution is -1.88. The van der Waals surface area contributed by atoms with Gasteiger partial charge in [-0.05, 0) is 24.5 Å². The summed E-state index contributed by atoms with van der Waals surface area (Å²) in [5.41, 5.74) is 1.06. The molecule has 77 valence electrons. The van der Waals surface area contributed by atoms with Gasteiger partial charge in [-0.1, -0.05) is 60.6 Å².